The topological polar surface area (TPSA) is 90.5 Å². The number of imide groups is 1. The molecule has 190 valence electrons. The standard InChI is InChI=1S/C26H19F3N2O4S2/c27-26(28,29)11-2-1-3-12(8-11)31-23(33)18-14-9-15(19(18)24(31)34)20-17(14)16(10-4-6-13(32)7-5-10)21-22(36-20)30-25(35)37-21/h1-8,14-20,32H,9H2,(H,30,35)/t14-,15-,16?,17?,18?,19?,20?/m1/s1. The van der Waals surface area contributed by atoms with Gasteiger partial charge < -0.3 is 10.1 Å². The third-order valence-corrected chi connectivity index (χ3v) is 11.0. The number of thioether (sulfide) groups is 1. The summed E-state index contributed by atoms with van der Waals surface area (Å²) < 4.78 is 40.0. The summed E-state index contributed by atoms with van der Waals surface area (Å²) in [5, 5.41) is 10.6. The second kappa shape index (κ2) is 7.73. The molecule has 7 atom stereocenters. The zero-order chi connectivity index (χ0) is 25.8. The summed E-state index contributed by atoms with van der Waals surface area (Å²) in [6, 6.07) is 11.2. The number of aromatic nitrogens is 1. The van der Waals surface area contributed by atoms with E-state index in [4.69, 9.17) is 0 Å². The fourth-order valence-electron chi connectivity index (χ4n) is 7.15. The van der Waals surface area contributed by atoms with Crippen LogP contribution in [0.5, 0.6) is 5.75 Å². The molecule has 7 rings (SSSR count). The van der Waals surface area contributed by atoms with Crippen molar-refractivity contribution in [3.05, 3.63) is 74.2 Å². The zero-order valence-electron chi connectivity index (χ0n) is 18.9. The number of alkyl halides is 3. The van der Waals surface area contributed by atoms with Gasteiger partial charge in [-0.25, -0.2) is 0 Å². The summed E-state index contributed by atoms with van der Waals surface area (Å²) in [5.74, 6) is -2.45. The predicted molar refractivity (Wildman–Crippen MR) is 131 cm³/mol. The van der Waals surface area contributed by atoms with E-state index in [2.05, 4.69) is 4.98 Å². The molecule has 2 aliphatic carbocycles. The smallest absolute Gasteiger partial charge is 0.416 e. The minimum Gasteiger partial charge on any atom is -0.508 e. The van der Waals surface area contributed by atoms with Crippen LogP contribution in [0.1, 0.15) is 28.3 Å². The van der Waals surface area contributed by atoms with Gasteiger partial charge in [0.05, 0.1) is 28.1 Å². The normalized spacial score (nSPS) is 32.0. The van der Waals surface area contributed by atoms with Gasteiger partial charge >= 0.3 is 11.0 Å². The summed E-state index contributed by atoms with van der Waals surface area (Å²) in [5.41, 5.74) is -0.0383. The Morgan fingerprint density at radius 2 is 1.68 bits per heavy atom. The van der Waals surface area contributed by atoms with Gasteiger partial charge in [0.25, 0.3) is 0 Å². The van der Waals surface area contributed by atoms with Crippen LogP contribution in [0.4, 0.5) is 18.9 Å². The molecule has 0 spiro atoms. The number of thiazole rings is 1. The van der Waals surface area contributed by atoms with Gasteiger partial charge in [0.2, 0.25) is 11.8 Å². The number of carbonyl (C=O) groups excluding carboxylic acids is 2. The molecule has 2 N–H and O–H groups in total. The highest BCUT2D eigenvalue weighted by Crippen LogP contribution is 2.68. The van der Waals surface area contributed by atoms with Crippen LogP contribution in [0.25, 0.3) is 0 Å². The van der Waals surface area contributed by atoms with E-state index in [1.165, 1.54) is 12.1 Å². The Kier molecular flexibility index (Phi) is 4.83. The quantitative estimate of drug-likeness (QED) is 0.451. The molecule has 1 aromatic heterocycles. The number of carbonyl (C=O) groups is 2. The number of nitrogens with zero attached hydrogens (tertiary/aromatic N) is 1. The van der Waals surface area contributed by atoms with E-state index in [1.54, 1.807) is 23.9 Å². The predicted octanol–water partition coefficient (Wildman–Crippen LogP) is 4.84. The Bertz CT molecular complexity index is 1510. The number of anilines is 1. The molecular weight excluding hydrogens is 525 g/mol. The number of amides is 2. The molecule has 4 aliphatic rings. The van der Waals surface area contributed by atoms with Crippen molar-refractivity contribution in [3.63, 3.8) is 0 Å². The molecule has 2 aliphatic heterocycles. The Hall–Kier alpha value is -3.05. The minimum atomic E-state index is -4.59. The van der Waals surface area contributed by atoms with Crippen LogP contribution in [0, 0.1) is 29.6 Å². The maximum Gasteiger partial charge on any atom is 0.416 e. The first-order valence-electron chi connectivity index (χ1n) is 11.9. The summed E-state index contributed by atoms with van der Waals surface area (Å²) in [4.78, 5) is 44.2. The van der Waals surface area contributed by atoms with E-state index in [0.717, 1.165) is 43.8 Å². The fourth-order valence-corrected chi connectivity index (χ4v) is 10.0. The van der Waals surface area contributed by atoms with Gasteiger partial charge in [-0.3, -0.25) is 19.3 Å². The molecular formula is C26H19F3N2O4S2. The molecule has 1 saturated heterocycles. The minimum absolute atomic E-state index is 0.0268. The number of H-pyrrole nitrogens is 1. The number of hydrogen-bond donors (Lipinski definition) is 2. The van der Waals surface area contributed by atoms with Gasteiger partial charge in [-0.2, -0.15) is 13.2 Å². The van der Waals surface area contributed by atoms with E-state index in [-0.39, 0.29) is 45.2 Å². The lowest BCUT2D eigenvalue weighted by molar-refractivity contribution is -0.137. The molecule has 0 radical (unpaired) electrons. The second-order valence-electron chi connectivity index (χ2n) is 10.1. The van der Waals surface area contributed by atoms with Crippen molar-refractivity contribution in [3.8, 4) is 5.75 Å². The number of aromatic hydroxyl groups is 1. The Morgan fingerprint density at radius 1 is 0.973 bits per heavy atom. The van der Waals surface area contributed by atoms with E-state index in [0.29, 0.717) is 6.42 Å². The molecule has 11 heteroatoms. The van der Waals surface area contributed by atoms with Gasteiger partial charge in [0, 0.05) is 16.0 Å². The summed E-state index contributed by atoms with van der Waals surface area (Å²) >= 11 is 2.68. The van der Waals surface area contributed by atoms with Crippen molar-refractivity contribution in [1.29, 1.82) is 0 Å². The maximum absolute atomic E-state index is 13.7. The van der Waals surface area contributed by atoms with Crippen LogP contribution in [0.15, 0.2) is 58.4 Å². The van der Waals surface area contributed by atoms with Gasteiger partial charge in [-0.1, -0.05) is 29.5 Å². The molecule has 3 heterocycles. The number of phenols is 1. The fraction of sp³-hybridized carbons (Fsp3) is 0.346. The largest absolute Gasteiger partial charge is 0.508 e. The first-order valence-corrected chi connectivity index (χ1v) is 13.6. The lowest BCUT2D eigenvalue weighted by Crippen LogP contribution is -2.42. The van der Waals surface area contributed by atoms with Crippen LogP contribution < -0.4 is 9.77 Å². The van der Waals surface area contributed by atoms with Gasteiger partial charge in [0.1, 0.15) is 5.75 Å². The van der Waals surface area contributed by atoms with E-state index >= 15 is 0 Å². The van der Waals surface area contributed by atoms with E-state index in [9.17, 15) is 32.7 Å². The highest BCUT2D eigenvalue weighted by molar-refractivity contribution is 8.00. The van der Waals surface area contributed by atoms with Crippen molar-refractivity contribution in [2.24, 2.45) is 29.6 Å². The zero-order valence-corrected chi connectivity index (χ0v) is 20.6. The Labute approximate surface area is 216 Å². The molecule has 2 saturated carbocycles. The van der Waals surface area contributed by atoms with Crippen LogP contribution in [-0.2, 0) is 15.8 Å². The lowest BCUT2D eigenvalue weighted by atomic mass is 9.68. The average Bonchev–Trinajstić information content (AvgIpc) is 3.58. The van der Waals surface area contributed by atoms with Crippen LogP contribution in [0.2, 0.25) is 0 Å². The van der Waals surface area contributed by atoms with Crippen LogP contribution in [0.3, 0.4) is 0 Å². The van der Waals surface area contributed by atoms with Crippen molar-refractivity contribution in [2.75, 3.05) is 4.90 Å². The number of phenolic OH excluding ortho intramolecular Hbond substituents is 1. The summed E-state index contributed by atoms with van der Waals surface area (Å²) in [7, 11) is 0. The number of nitrogens with one attached hydrogen (secondary N) is 1. The van der Waals surface area contributed by atoms with Gasteiger partial charge in [-0.05, 0) is 60.1 Å². The Balaban J connectivity index is 1.30. The third kappa shape index (κ3) is 3.22. The van der Waals surface area contributed by atoms with Crippen LogP contribution in [-0.4, -0.2) is 27.2 Å². The first-order chi connectivity index (χ1) is 17.6. The molecule has 3 fully saturated rings. The summed E-state index contributed by atoms with van der Waals surface area (Å²) in [6.07, 6.45) is -3.91. The Morgan fingerprint density at radius 3 is 2.38 bits per heavy atom. The van der Waals surface area contributed by atoms with E-state index < -0.39 is 35.4 Å². The van der Waals surface area contributed by atoms with Gasteiger partial charge in [-0.15, -0.1) is 11.8 Å². The SMILES string of the molecule is O=C1C2C(C(=O)N1c1cccc(C(F)(F)F)c1)[C@@H]1C[C@H]2C2Sc3[nH]c(=O)sc3C(c3ccc(O)cc3)C21. The van der Waals surface area contributed by atoms with E-state index in [1.807, 2.05) is 12.1 Å². The molecule has 2 amide bonds. The molecule has 6 nitrogen and oxygen atoms in total. The molecule has 2 bridgehead atoms. The number of fused-ring (bicyclic) bond motifs is 9. The number of hydrogen-bond acceptors (Lipinski definition) is 6. The highest BCUT2D eigenvalue weighted by Gasteiger charge is 2.69. The number of aromatic amines is 1. The maximum atomic E-state index is 13.7. The molecule has 3 aromatic rings. The number of halogens is 3. The van der Waals surface area contributed by atoms with Crippen molar-refractivity contribution >= 4 is 40.6 Å². The second-order valence-corrected chi connectivity index (χ2v) is 12.3. The first kappa shape index (κ1) is 23.1. The van der Waals surface area contributed by atoms with Crippen molar-refractivity contribution in [2.45, 2.75) is 28.8 Å². The molecule has 2 aromatic carbocycles. The van der Waals surface area contributed by atoms with Crippen molar-refractivity contribution < 1.29 is 27.9 Å². The van der Waals surface area contributed by atoms with Gasteiger partial charge in [0.15, 0.2) is 0 Å². The number of benzene rings is 2. The monoisotopic (exact) mass is 544 g/mol. The average molecular weight is 545 g/mol. The molecule has 37 heavy (non-hydrogen) atoms. The van der Waals surface area contributed by atoms with Crippen LogP contribution >= 0.6 is 23.1 Å². The third-order valence-electron chi connectivity index (χ3n) is 8.41. The lowest BCUT2D eigenvalue weighted by Gasteiger charge is -2.43. The van der Waals surface area contributed by atoms with Crippen molar-refractivity contribution in [1.82, 2.24) is 4.98 Å². The number of rotatable bonds is 2. The highest BCUT2D eigenvalue weighted by atomic mass is 32.2. The molecule has 5 unspecified atom stereocenters. The summed E-state index contributed by atoms with van der Waals surface area (Å²) in [6.45, 7) is 0.